The highest BCUT2D eigenvalue weighted by atomic mass is 19.3. The van der Waals surface area contributed by atoms with Gasteiger partial charge in [0, 0.05) is 18.8 Å². The fraction of sp³-hybridized carbons (Fsp3) is 0.444. The molecule has 0 radical (unpaired) electrons. The molecule has 0 aromatic carbocycles. The molecule has 1 aromatic rings. The van der Waals surface area contributed by atoms with E-state index in [2.05, 4.69) is 5.10 Å². The molecule has 15 heavy (non-hydrogen) atoms. The van der Waals surface area contributed by atoms with Crippen LogP contribution in [0.2, 0.25) is 0 Å². The van der Waals surface area contributed by atoms with E-state index in [1.165, 1.54) is 20.2 Å². The number of Topliss-reactive ketones (excluding diaryl/α,β-unsaturated/α-hetero) is 1. The predicted molar refractivity (Wildman–Crippen MR) is 47.7 cm³/mol. The smallest absolute Gasteiger partial charge is 0.282 e. The van der Waals surface area contributed by atoms with Gasteiger partial charge in [0.1, 0.15) is 23.7 Å². The molecule has 0 bridgehead atoms. The largest absolute Gasteiger partial charge is 0.302 e. The summed E-state index contributed by atoms with van der Waals surface area (Å²) in [6, 6.07) is 0. The average Bonchev–Trinajstić information content (AvgIpc) is 2.48. The molecule has 0 aliphatic heterocycles. The summed E-state index contributed by atoms with van der Waals surface area (Å²) in [5.74, 6) is -1.62. The van der Waals surface area contributed by atoms with E-state index in [1.54, 1.807) is 0 Å². The first kappa shape index (κ1) is 11.5. The SMILES string of the molecule is CC(=O)C(C=O)c1cn(C)nc1C(F)F. The van der Waals surface area contributed by atoms with Crippen molar-refractivity contribution in [1.82, 2.24) is 9.78 Å². The first-order valence-electron chi connectivity index (χ1n) is 4.24. The fourth-order valence-electron chi connectivity index (χ4n) is 1.32. The lowest BCUT2D eigenvalue weighted by atomic mass is 9.98. The fourth-order valence-corrected chi connectivity index (χ4v) is 1.32. The van der Waals surface area contributed by atoms with Crippen LogP contribution in [0, 0.1) is 0 Å². The van der Waals surface area contributed by atoms with Gasteiger partial charge >= 0.3 is 0 Å². The van der Waals surface area contributed by atoms with Gasteiger partial charge in [0.05, 0.1) is 0 Å². The van der Waals surface area contributed by atoms with Crippen molar-refractivity contribution in [3.8, 4) is 0 Å². The Morgan fingerprint density at radius 1 is 1.60 bits per heavy atom. The van der Waals surface area contributed by atoms with Gasteiger partial charge in [-0.25, -0.2) is 8.78 Å². The lowest BCUT2D eigenvalue weighted by Gasteiger charge is -2.05. The third kappa shape index (κ3) is 2.26. The molecule has 6 heteroatoms. The molecule has 0 N–H and O–H groups in total. The summed E-state index contributed by atoms with van der Waals surface area (Å²) in [5, 5.41) is 3.52. The topological polar surface area (TPSA) is 52.0 Å². The van der Waals surface area contributed by atoms with Crippen LogP contribution in [0.25, 0.3) is 0 Å². The Labute approximate surface area is 84.9 Å². The molecule has 0 amide bonds. The van der Waals surface area contributed by atoms with Gasteiger partial charge in [-0.05, 0) is 6.92 Å². The van der Waals surface area contributed by atoms with Crippen molar-refractivity contribution in [3.05, 3.63) is 17.5 Å². The van der Waals surface area contributed by atoms with E-state index in [0.717, 1.165) is 4.68 Å². The van der Waals surface area contributed by atoms with Gasteiger partial charge < -0.3 is 4.79 Å². The van der Waals surface area contributed by atoms with E-state index >= 15 is 0 Å². The van der Waals surface area contributed by atoms with Gasteiger partial charge in [0.15, 0.2) is 0 Å². The third-order valence-electron chi connectivity index (χ3n) is 2.00. The Balaban J connectivity index is 3.21. The van der Waals surface area contributed by atoms with Crippen LogP contribution in [-0.4, -0.2) is 21.8 Å². The maximum atomic E-state index is 12.5. The van der Waals surface area contributed by atoms with Crippen LogP contribution < -0.4 is 0 Å². The highest BCUT2D eigenvalue weighted by molar-refractivity contribution is 5.97. The monoisotopic (exact) mass is 216 g/mol. The number of aryl methyl sites for hydroxylation is 1. The van der Waals surface area contributed by atoms with E-state index in [1.807, 2.05) is 0 Å². The molecule has 0 aliphatic rings. The molecule has 0 spiro atoms. The molecule has 0 saturated heterocycles. The number of aromatic nitrogens is 2. The molecule has 4 nitrogen and oxygen atoms in total. The number of halogens is 2. The molecule has 82 valence electrons. The molecular formula is C9H10F2N2O2. The second-order valence-corrected chi connectivity index (χ2v) is 3.17. The Hall–Kier alpha value is -1.59. The average molecular weight is 216 g/mol. The quantitative estimate of drug-likeness (QED) is 0.561. The molecule has 1 atom stereocenters. The number of hydrogen-bond acceptors (Lipinski definition) is 3. The van der Waals surface area contributed by atoms with Gasteiger partial charge in [-0.1, -0.05) is 0 Å². The molecule has 1 unspecified atom stereocenters. The van der Waals surface area contributed by atoms with Gasteiger partial charge in [0.2, 0.25) is 0 Å². The van der Waals surface area contributed by atoms with E-state index in [-0.39, 0.29) is 5.56 Å². The summed E-state index contributed by atoms with van der Waals surface area (Å²) >= 11 is 0. The third-order valence-corrected chi connectivity index (χ3v) is 2.00. The summed E-state index contributed by atoms with van der Waals surface area (Å²) in [6.45, 7) is 1.18. The van der Waals surface area contributed by atoms with Gasteiger partial charge in [-0.3, -0.25) is 9.48 Å². The molecule has 0 aliphatic carbocycles. The number of rotatable bonds is 4. The maximum absolute atomic E-state index is 12.5. The minimum absolute atomic E-state index is 0.0185. The standard InChI is InChI=1S/C9H10F2N2O2/c1-5(15)7(4-14)6-3-13(2)12-8(6)9(10)11/h3-4,7,9H,1-2H3. The molecule has 1 rings (SSSR count). The number of aldehydes is 1. The maximum Gasteiger partial charge on any atom is 0.282 e. The number of carbonyl (C=O) groups is 2. The van der Waals surface area contributed by atoms with Crippen LogP contribution in [-0.2, 0) is 16.6 Å². The van der Waals surface area contributed by atoms with Gasteiger partial charge in [-0.2, -0.15) is 5.10 Å². The molecule has 1 aromatic heterocycles. The minimum Gasteiger partial charge on any atom is -0.302 e. The van der Waals surface area contributed by atoms with E-state index in [0.29, 0.717) is 6.29 Å². The predicted octanol–water partition coefficient (Wildman–Crippen LogP) is 1.23. The molecule has 0 fully saturated rings. The van der Waals surface area contributed by atoms with Crippen molar-refractivity contribution >= 4 is 12.1 Å². The number of carbonyl (C=O) groups excluding carboxylic acids is 2. The number of ketones is 1. The van der Waals surface area contributed by atoms with Gasteiger partial charge in [-0.15, -0.1) is 0 Å². The first-order valence-corrected chi connectivity index (χ1v) is 4.24. The zero-order chi connectivity index (χ0) is 11.6. The Morgan fingerprint density at radius 2 is 2.20 bits per heavy atom. The zero-order valence-electron chi connectivity index (χ0n) is 8.28. The summed E-state index contributed by atoms with van der Waals surface area (Å²) in [7, 11) is 1.46. The van der Waals surface area contributed by atoms with Crippen molar-refractivity contribution in [2.24, 2.45) is 7.05 Å². The normalized spacial score (nSPS) is 12.9. The second-order valence-electron chi connectivity index (χ2n) is 3.17. The van der Waals surface area contributed by atoms with Crippen LogP contribution in [0.15, 0.2) is 6.20 Å². The molecule has 1 heterocycles. The van der Waals surface area contributed by atoms with Crippen LogP contribution in [0.3, 0.4) is 0 Å². The van der Waals surface area contributed by atoms with Crippen LogP contribution in [0.5, 0.6) is 0 Å². The Morgan fingerprint density at radius 3 is 2.60 bits per heavy atom. The van der Waals surface area contributed by atoms with Crippen LogP contribution in [0.4, 0.5) is 8.78 Å². The summed E-state index contributed by atoms with van der Waals surface area (Å²) < 4.78 is 26.2. The van der Waals surface area contributed by atoms with Crippen LogP contribution in [0.1, 0.15) is 30.5 Å². The lowest BCUT2D eigenvalue weighted by Crippen LogP contribution is -2.11. The van der Waals surface area contributed by atoms with E-state index in [4.69, 9.17) is 0 Å². The van der Waals surface area contributed by atoms with Crippen LogP contribution >= 0.6 is 0 Å². The molecular weight excluding hydrogens is 206 g/mol. The number of hydrogen-bond donors (Lipinski definition) is 0. The zero-order valence-corrected chi connectivity index (χ0v) is 8.28. The second kappa shape index (κ2) is 4.29. The Kier molecular flexibility index (Phi) is 3.28. The number of alkyl halides is 2. The van der Waals surface area contributed by atoms with Crippen molar-refractivity contribution in [2.45, 2.75) is 19.3 Å². The summed E-state index contributed by atoms with van der Waals surface area (Å²) in [6.07, 6.45) is -1.17. The highest BCUT2D eigenvalue weighted by Crippen LogP contribution is 2.26. The number of nitrogens with zero attached hydrogens (tertiary/aromatic N) is 2. The minimum atomic E-state index is -2.79. The van der Waals surface area contributed by atoms with E-state index < -0.39 is 23.8 Å². The molecule has 0 saturated carbocycles. The lowest BCUT2D eigenvalue weighted by molar-refractivity contribution is -0.122. The summed E-state index contributed by atoms with van der Waals surface area (Å²) in [5.41, 5.74) is -0.528. The first-order chi connectivity index (χ1) is 6.97. The Bertz CT molecular complexity index is 387. The van der Waals surface area contributed by atoms with Crippen molar-refractivity contribution in [1.29, 1.82) is 0 Å². The highest BCUT2D eigenvalue weighted by Gasteiger charge is 2.26. The summed E-state index contributed by atoms with van der Waals surface area (Å²) in [4.78, 5) is 21.7. The van der Waals surface area contributed by atoms with Crippen molar-refractivity contribution < 1.29 is 18.4 Å². The van der Waals surface area contributed by atoms with Crippen molar-refractivity contribution in [2.75, 3.05) is 0 Å². The van der Waals surface area contributed by atoms with E-state index in [9.17, 15) is 18.4 Å². The van der Waals surface area contributed by atoms with Crippen molar-refractivity contribution in [3.63, 3.8) is 0 Å². The van der Waals surface area contributed by atoms with Gasteiger partial charge in [0.25, 0.3) is 6.43 Å².